The van der Waals surface area contributed by atoms with Crippen LogP contribution >= 0.6 is 0 Å². The Balaban J connectivity index is 2.22. The molecule has 110 valence electrons. The summed E-state index contributed by atoms with van der Waals surface area (Å²) in [4.78, 5) is 0. The molecule has 0 unspecified atom stereocenters. The molecule has 4 heteroatoms. The first kappa shape index (κ1) is 14.2. The van der Waals surface area contributed by atoms with Gasteiger partial charge in [-0.2, -0.15) is 10.5 Å². The zero-order valence-electron chi connectivity index (χ0n) is 12.3. The number of ether oxygens (including phenoxy) is 1. The normalized spacial score (nSPS) is 20.3. The highest BCUT2D eigenvalue weighted by molar-refractivity contribution is 5.73. The van der Waals surface area contributed by atoms with Gasteiger partial charge in [0.05, 0.1) is 11.6 Å². The van der Waals surface area contributed by atoms with Crippen LogP contribution in [0.1, 0.15) is 37.7 Å². The highest BCUT2D eigenvalue weighted by Gasteiger charge is 2.47. The van der Waals surface area contributed by atoms with Gasteiger partial charge >= 0.3 is 0 Å². The van der Waals surface area contributed by atoms with Crippen molar-refractivity contribution in [2.75, 3.05) is 0 Å². The fourth-order valence-corrected chi connectivity index (χ4v) is 3.56. The average Bonchev–Trinajstić information content (AvgIpc) is 2.56. The Morgan fingerprint density at radius 3 is 2.18 bits per heavy atom. The second-order valence-electron chi connectivity index (χ2n) is 5.78. The Kier molecular flexibility index (Phi) is 3.61. The first-order valence-electron chi connectivity index (χ1n) is 7.51. The minimum atomic E-state index is -0.574. The van der Waals surface area contributed by atoms with Gasteiger partial charge in [0.2, 0.25) is 5.88 Å². The lowest BCUT2D eigenvalue weighted by molar-refractivity contribution is 0.252. The first-order valence-corrected chi connectivity index (χ1v) is 7.51. The summed E-state index contributed by atoms with van der Waals surface area (Å²) < 4.78 is 5.70. The summed E-state index contributed by atoms with van der Waals surface area (Å²) in [5.41, 5.74) is 7.25. The second-order valence-corrected chi connectivity index (χ2v) is 5.78. The lowest BCUT2D eigenvalue weighted by Gasteiger charge is -2.40. The van der Waals surface area contributed by atoms with Crippen LogP contribution in [0.2, 0.25) is 0 Å². The van der Waals surface area contributed by atoms with Crippen LogP contribution in [0.5, 0.6) is 0 Å². The number of nitrogens with zero attached hydrogens (tertiary/aromatic N) is 2. The molecule has 1 fully saturated rings. The maximum Gasteiger partial charge on any atom is 0.205 e. The van der Waals surface area contributed by atoms with Gasteiger partial charge in [0, 0.05) is 11.0 Å². The standard InChI is InChI=1S/C18H17N3O/c19-11-14-16(13-7-3-1-4-8-13)22-17(21)15(12-20)18(14)9-5-2-6-10-18/h1,3-4,7-8H,2,5-6,9-10,21H2. The molecule has 2 aliphatic rings. The number of nitrogens with two attached hydrogens (primary N) is 1. The number of allylic oxidation sites excluding steroid dienone is 2. The quantitative estimate of drug-likeness (QED) is 0.857. The molecule has 1 heterocycles. The summed E-state index contributed by atoms with van der Waals surface area (Å²) in [6.07, 6.45) is 4.66. The van der Waals surface area contributed by atoms with Crippen molar-refractivity contribution in [3.8, 4) is 12.1 Å². The van der Waals surface area contributed by atoms with Crippen LogP contribution in [0.25, 0.3) is 5.76 Å². The number of hydrogen-bond acceptors (Lipinski definition) is 4. The topological polar surface area (TPSA) is 82.8 Å². The van der Waals surface area contributed by atoms with Gasteiger partial charge in [-0.25, -0.2) is 0 Å². The lowest BCUT2D eigenvalue weighted by Crippen LogP contribution is -2.34. The third-order valence-electron chi connectivity index (χ3n) is 4.61. The van der Waals surface area contributed by atoms with Crippen molar-refractivity contribution in [1.82, 2.24) is 0 Å². The zero-order valence-corrected chi connectivity index (χ0v) is 12.3. The van der Waals surface area contributed by atoms with E-state index in [0.29, 0.717) is 16.9 Å². The first-order chi connectivity index (χ1) is 10.7. The molecule has 3 rings (SSSR count). The van der Waals surface area contributed by atoms with Crippen LogP contribution in [-0.2, 0) is 4.74 Å². The van der Waals surface area contributed by atoms with Gasteiger partial charge in [-0.1, -0.05) is 49.6 Å². The predicted octanol–water partition coefficient (Wildman–Crippen LogP) is 3.60. The van der Waals surface area contributed by atoms with Crippen LogP contribution in [0.3, 0.4) is 0 Å². The van der Waals surface area contributed by atoms with Crippen LogP contribution in [-0.4, -0.2) is 0 Å². The summed E-state index contributed by atoms with van der Waals surface area (Å²) in [5, 5.41) is 19.3. The Morgan fingerprint density at radius 1 is 0.955 bits per heavy atom. The van der Waals surface area contributed by atoms with E-state index in [0.717, 1.165) is 37.7 Å². The van der Waals surface area contributed by atoms with Crippen LogP contribution in [0.4, 0.5) is 0 Å². The smallest absolute Gasteiger partial charge is 0.205 e. The largest absolute Gasteiger partial charge is 0.439 e. The van der Waals surface area contributed by atoms with Gasteiger partial charge in [-0.15, -0.1) is 0 Å². The van der Waals surface area contributed by atoms with Gasteiger partial charge in [0.15, 0.2) is 5.76 Å². The molecule has 0 bridgehead atoms. The maximum absolute atomic E-state index is 9.78. The fourth-order valence-electron chi connectivity index (χ4n) is 3.56. The van der Waals surface area contributed by atoms with Gasteiger partial charge in [-0.05, 0) is 12.8 Å². The van der Waals surface area contributed by atoms with E-state index in [4.69, 9.17) is 10.5 Å². The van der Waals surface area contributed by atoms with E-state index in [-0.39, 0.29) is 5.88 Å². The van der Waals surface area contributed by atoms with Crippen LogP contribution in [0.15, 0.2) is 47.4 Å². The van der Waals surface area contributed by atoms with Gasteiger partial charge in [0.25, 0.3) is 0 Å². The molecule has 1 aromatic carbocycles. The third-order valence-corrected chi connectivity index (χ3v) is 4.61. The van der Waals surface area contributed by atoms with E-state index in [9.17, 15) is 10.5 Å². The van der Waals surface area contributed by atoms with Gasteiger partial charge < -0.3 is 10.5 Å². The van der Waals surface area contributed by atoms with Crippen LogP contribution < -0.4 is 5.73 Å². The van der Waals surface area contributed by atoms with Crippen molar-refractivity contribution < 1.29 is 4.74 Å². The van der Waals surface area contributed by atoms with E-state index in [1.807, 2.05) is 30.3 Å². The molecular formula is C18H17N3O. The summed E-state index contributed by atoms with van der Waals surface area (Å²) in [7, 11) is 0. The predicted molar refractivity (Wildman–Crippen MR) is 82.4 cm³/mol. The second kappa shape index (κ2) is 5.58. The SMILES string of the molecule is N#CC1=C(N)OC(c2ccccc2)=C(C#N)C12CCCCC2. The molecule has 1 aliphatic heterocycles. The monoisotopic (exact) mass is 291 g/mol. The van der Waals surface area contributed by atoms with Crippen molar-refractivity contribution in [3.05, 3.63) is 52.9 Å². The fraction of sp³-hybridized carbons (Fsp3) is 0.333. The molecule has 2 N–H and O–H groups in total. The zero-order chi connectivity index (χ0) is 15.6. The minimum Gasteiger partial charge on any atom is -0.439 e. The van der Waals surface area contributed by atoms with Crippen molar-refractivity contribution in [3.63, 3.8) is 0 Å². The summed E-state index contributed by atoms with van der Waals surface area (Å²) in [6, 6.07) is 14.0. The highest BCUT2D eigenvalue weighted by atomic mass is 16.5. The summed E-state index contributed by atoms with van der Waals surface area (Å²) in [6.45, 7) is 0. The molecule has 0 radical (unpaired) electrons. The molecule has 22 heavy (non-hydrogen) atoms. The van der Waals surface area contributed by atoms with Gasteiger partial charge in [-0.3, -0.25) is 0 Å². The number of hydrogen-bond donors (Lipinski definition) is 1. The minimum absolute atomic E-state index is 0.141. The third kappa shape index (κ3) is 2.05. The Morgan fingerprint density at radius 2 is 1.59 bits per heavy atom. The van der Waals surface area contributed by atoms with Crippen molar-refractivity contribution >= 4 is 5.76 Å². The molecule has 0 atom stereocenters. The van der Waals surface area contributed by atoms with E-state index in [2.05, 4.69) is 12.1 Å². The molecule has 1 spiro atoms. The molecule has 0 aromatic heterocycles. The Hall–Kier alpha value is -2.72. The molecule has 0 saturated heterocycles. The lowest BCUT2D eigenvalue weighted by atomic mass is 9.63. The molecule has 4 nitrogen and oxygen atoms in total. The van der Waals surface area contributed by atoms with Crippen molar-refractivity contribution in [2.24, 2.45) is 11.1 Å². The molecule has 1 saturated carbocycles. The number of rotatable bonds is 1. The summed E-state index contributed by atoms with van der Waals surface area (Å²) in [5.74, 6) is 0.642. The van der Waals surface area contributed by atoms with E-state index >= 15 is 0 Å². The maximum atomic E-state index is 9.78. The molecule has 1 aliphatic carbocycles. The molecular weight excluding hydrogens is 274 g/mol. The van der Waals surface area contributed by atoms with Crippen molar-refractivity contribution in [2.45, 2.75) is 32.1 Å². The van der Waals surface area contributed by atoms with E-state index in [1.54, 1.807) is 0 Å². The van der Waals surface area contributed by atoms with E-state index in [1.165, 1.54) is 0 Å². The number of benzene rings is 1. The number of nitriles is 2. The summed E-state index contributed by atoms with van der Waals surface area (Å²) >= 11 is 0. The van der Waals surface area contributed by atoms with Crippen molar-refractivity contribution in [1.29, 1.82) is 10.5 Å². The Labute approximate surface area is 130 Å². The molecule has 0 amide bonds. The average molecular weight is 291 g/mol. The Bertz CT molecular complexity index is 726. The van der Waals surface area contributed by atoms with Gasteiger partial charge in [0.1, 0.15) is 11.6 Å². The van der Waals surface area contributed by atoms with E-state index < -0.39 is 5.41 Å². The van der Waals surface area contributed by atoms with Crippen LogP contribution in [0, 0.1) is 28.1 Å². The molecule has 1 aromatic rings. The highest BCUT2D eigenvalue weighted by Crippen LogP contribution is 2.53.